The molecule has 1 aliphatic carbocycles. The van der Waals surface area contributed by atoms with Crippen LogP contribution in [0, 0.1) is 0 Å². The van der Waals surface area contributed by atoms with E-state index in [2.05, 4.69) is 21.0 Å². The van der Waals surface area contributed by atoms with Gasteiger partial charge in [-0.2, -0.15) is 5.10 Å². The van der Waals surface area contributed by atoms with E-state index in [4.69, 9.17) is 10.5 Å². The van der Waals surface area contributed by atoms with Gasteiger partial charge in [0.25, 0.3) is 5.91 Å². The average molecular weight is 429 g/mol. The Labute approximate surface area is 182 Å². The lowest BCUT2D eigenvalue weighted by Crippen LogP contribution is -2.49. The number of hydrogen-bond acceptors (Lipinski definition) is 6. The van der Waals surface area contributed by atoms with Gasteiger partial charge in [-0.3, -0.25) is 9.48 Å². The number of rotatable bonds is 6. The zero-order chi connectivity index (χ0) is 22.6. The van der Waals surface area contributed by atoms with Crippen LogP contribution in [-0.4, -0.2) is 39.5 Å². The molecule has 0 spiro atoms. The van der Waals surface area contributed by atoms with Crippen LogP contribution in [0.25, 0.3) is 0 Å². The lowest BCUT2D eigenvalue weighted by molar-refractivity contribution is 0.0488. The van der Waals surface area contributed by atoms with E-state index < -0.39 is 17.6 Å². The molecule has 0 bridgehead atoms. The van der Waals surface area contributed by atoms with Crippen molar-refractivity contribution in [1.82, 2.24) is 15.1 Å². The number of carbonyl (C=O) groups excluding carboxylic acids is 2. The number of primary amides is 1. The molecular formula is C22H32N6O3. The Balaban J connectivity index is 1.75. The molecular weight excluding hydrogens is 396 g/mol. The highest BCUT2D eigenvalue weighted by atomic mass is 16.6. The predicted molar refractivity (Wildman–Crippen MR) is 120 cm³/mol. The number of nitrogens with two attached hydrogens (primary N) is 1. The van der Waals surface area contributed by atoms with Crippen molar-refractivity contribution < 1.29 is 14.3 Å². The van der Waals surface area contributed by atoms with Crippen LogP contribution < -0.4 is 21.7 Å². The molecule has 1 aromatic heterocycles. The van der Waals surface area contributed by atoms with E-state index in [1.54, 1.807) is 16.9 Å². The number of ether oxygens (including phenoxy) is 1. The highest BCUT2D eigenvalue weighted by Gasteiger charge is 2.28. The van der Waals surface area contributed by atoms with Crippen LogP contribution >= 0.6 is 0 Å². The highest BCUT2D eigenvalue weighted by Crippen LogP contribution is 2.28. The van der Waals surface area contributed by atoms with Crippen molar-refractivity contribution in [3.63, 3.8) is 0 Å². The summed E-state index contributed by atoms with van der Waals surface area (Å²) >= 11 is 0. The Morgan fingerprint density at radius 1 is 1.16 bits per heavy atom. The summed E-state index contributed by atoms with van der Waals surface area (Å²) < 4.78 is 7.09. The van der Waals surface area contributed by atoms with Crippen LogP contribution in [0.2, 0.25) is 0 Å². The van der Waals surface area contributed by atoms with Gasteiger partial charge in [0.15, 0.2) is 0 Å². The molecule has 1 saturated carbocycles. The van der Waals surface area contributed by atoms with E-state index in [0.29, 0.717) is 11.3 Å². The second-order valence-electron chi connectivity index (χ2n) is 8.94. The molecule has 0 unspecified atom stereocenters. The normalized spacial score (nSPS) is 18.8. The van der Waals surface area contributed by atoms with Gasteiger partial charge in [-0.05, 0) is 51.8 Å². The number of carbonyl (C=O) groups is 2. The minimum absolute atomic E-state index is 0.0471. The summed E-state index contributed by atoms with van der Waals surface area (Å²) in [5, 5.41) is 13.9. The molecule has 9 heteroatoms. The van der Waals surface area contributed by atoms with Crippen molar-refractivity contribution in [3.05, 3.63) is 36.2 Å². The average Bonchev–Trinajstić information content (AvgIpc) is 3.06. The van der Waals surface area contributed by atoms with E-state index in [0.717, 1.165) is 37.1 Å². The van der Waals surface area contributed by atoms with Crippen molar-refractivity contribution in [3.8, 4) is 0 Å². The minimum Gasteiger partial charge on any atom is -0.444 e. The Hall–Kier alpha value is -3.23. The molecule has 1 aliphatic rings. The fraction of sp³-hybridized carbons (Fsp3) is 0.500. The van der Waals surface area contributed by atoms with E-state index in [-0.39, 0.29) is 12.1 Å². The maximum absolute atomic E-state index is 12.3. The lowest BCUT2D eigenvalue weighted by Gasteiger charge is -2.34. The summed E-state index contributed by atoms with van der Waals surface area (Å²) in [5.41, 5.74) is 7.58. The van der Waals surface area contributed by atoms with Crippen LogP contribution in [0.3, 0.4) is 0 Å². The maximum atomic E-state index is 12.3. The molecule has 0 radical (unpaired) electrons. The number of aryl methyl sites for hydroxylation is 1. The topological polar surface area (TPSA) is 123 Å². The Morgan fingerprint density at radius 2 is 1.87 bits per heavy atom. The first-order valence-corrected chi connectivity index (χ1v) is 10.6. The SMILES string of the molecule is Cn1cc(Nc2cc(N[C@@H]3CCCC[C@@H]3NC(=O)OC(C)(C)C)ccc2C(N)=O)cn1. The van der Waals surface area contributed by atoms with Gasteiger partial charge in [0.1, 0.15) is 5.60 Å². The van der Waals surface area contributed by atoms with Gasteiger partial charge in [0.2, 0.25) is 0 Å². The van der Waals surface area contributed by atoms with Gasteiger partial charge < -0.3 is 26.4 Å². The van der Waals surface area contributed by atoms with E-state index in [1.807, 2.05) is 46.1 Å². The van der Waals surface area contributed by atoms with Gasteiger partial charge in [-0.25, -0.2) is 4.79 Å². The molecule has 2 aromatic rings. The third-order valence-electron chi connectivity index (χ3n) is 5.09. The van der Waals surface area contributed by atoms with Gasteiger partial charge in [-0.15, -0.1) is 0 Å². The second kappa shape index (κ2) is 9.28. The van der Waals surface area contributed by atoms with Gasteiger partial charge in [0.05, 0.1) is 29.2 Å². The van der Waals surface area contributed by atoms with Crippen molar-refractivity contribution in [2.45, 2.75) is 64.1 Å². The summed E-state index contributed by atoms with van der Waals surface area (Å²) in [6, 6.07) is 5.38. The number of nitrogens with one attached hydrogen (secondary N) is 3. The molecule has 168 valence electrons. The first-order valence-electron chi connectivity index (χ1n) is 10.6. The lowest BCUT2D eigenvalue weighted by atomic mass is 9.90. The summed E-state index contributed by atoms with van der Waals surface area (Å²) in [4.78, 5) is 24.2. The Morgan fingerprint density at radius 3 is 2.48 bits per heavy atom. The molecule has 0 saturated heterocycles. The van der Waals surface area contributed by atoms with E-state index in [1.165, 1.54) is 0 Å². The van der Waals surface area contributed by atoms with Crippen LogP contribution in [0.1, 0.15) is 56.8 Å². The standard InChI is InChI=1S/C22H32N6O3/c1-22(2,3)31-21(30)27-18-8-6-5-7-17(18)25-14-9-10-16(20(23)29)19(11-14)26-15-12-24-28(4)13-15/h9-13,17-18,25-26H,5-8H2,1-4H3,(H2,23,29)(H,27,30)/t17-,18+/m1/s1. The summed E-state index contributed by atoms with van der Waals surface area (Å²) in [6.07, 6.45) is 6.99. The molecule has 2 atom stereocenters. The first kappa shape index (κ1) is 22.5. The molecule has 0 aliphatic heterocycles. The maximum Gasteiger partial charge on any atom is 0.407 e. The third-order valence-corrected chi connectivity index (χ3v) is 5.09. The zero-order valence-electron chi connectivity index (χ0n) is 18.6. The van der Waals surface area contributed by atoms with Gasteiger partial charge >= 0.3 is 6.09 Å². The molecule has 2 amide bonds. The summed E-state index contributed by atoms with van der Waals surface area (Å²) in [5.74, 6) is -0.514. The first-order chi connectivity index (χ1) is 14.6. The highest BCUT2D eigenvalue weighted by molar-refractivity contribution is 6.00. The Bertz CT molecular complexity index is 934. The summed E-state index contributed by atoms with van der Waals surface area (Å²) in [6.45, 7) is 5.54. The molecule has 31 heavy (non-hydrogen) atoms. The van der Waals surface area contributed by atoms with Crippen molar-refractivity contribution in [2.75, 3.05) is 10.6 Å². The quantitative estimate of drug-likeness (QED) is 0.558. The zero-order valence-corrected chi connectivity index (χ0v) is 18.6. The molecule has 9 nitrogen and oxygen atoms in total. The fourth-order valence-corrected chi connectivity index (χ4v) is 3.74. The van der Waals surface area contributed by atoms with Crippen LogP contribution in [0.4, 0.5) is 21.9 Å². The number of nitrogens with zero attached hydrogens (tertiary/aromatic N) is 2. The molecule has 3 rings (SSSR count). The van der Waals surface area contributed by atoms with Crippen LogP contribution in [0.15, 0.2) is 30.6 Å². The largest absolute Gasteiger partial charge is 0.444 e. The number of aromatic nitrogens is 2. The molecule has 1 heterocycles. The molecule has 5 N–H and O–H groups in total. The summed E-state index contributed by atoms with van der Waals surface area (Å²) in [7, 11) is 1.82. The van der Waals surface area contributed by atoms with E-state index >= 15 is 0 Å². The third kappa shape index (κ3) is 6.37. The monoisotopic (exact) mass is 428 g/mol. The number of amides is 2. The van der Waals surface area contributed by atoms with Crippen molar-refractivity contribution >= 4 is 29.1 Å². The van der Waals surface area contributed by atoms with Crippen LogP contribution in [-0.2, 0) is 11.8 Å². The number of hydrogen-bond donors (Lipinski definition) is 4. The smallest absolute Gasteiger partial charge is 0.407 e. The van der Waals surface area contributed by atoms with Gasteiger partial charge in [-0.1, -0.05) is 12.8 Å². The second-order valence-corrected chi connectivity index (χ2v) is 8.94. The van der Waals surface area contributed by atoms with E-state index in [9.17, 15) is 9.59 Å². The minimum atomic E-state index is -0.543. The Kier molecular flexibility index (Phi) is 6.72. The number of anilines is 3. The number of alkyl carbamates (subject to hydrolysis) is 1. The molecule has 1 aromatic carbocycles. The van der Waals surface area contributed by atoms with Gasteiger partial charge in [0, 0.05) is 25.0 Å². The number of benzene rings is 1. The predicted octanol–water partition coefficient (Wildman–Crippen LogP) is 3.51. The van der Waals surface area contributed by atoms with Crippen molar-refractivity contribution in [2.24, 2.45) is 12.8 Å². The fourth-order valence-electron chi connectivity index (χ4n) is 3.74. The molecule has 1 fully saturated rings. The van der Waals surface area contributed by atoms with Crippen molar-refractivity contribution in [1.29, 1.82) is 0 Å². The van der Waals surface area contributed by atoms with Crippen LogP contribution in [0.5, 0.6) is 0 Å².